The van der Waals surface area contributed by atoms with E-state index in [0.29, 0.717) is 0 Å². The summed E-state index contributed by atoms with van der Waals surface area (Å²) in [5.41, 5.74) is 3.06. The summed E-state index contributed by atoms with van der Waals surface area (Å²) >= 11 is 1.58. The summed E-state index contributed by atoms with van der Waals surface area (Å²) in [4.78, 5) is 6.71. The van der Waals surface area contributed by atoms with Gasteiger partial charge in [-0.25, -0.2) is 9.37 Å². The van der Waals surface area contributed by atoms with Gasteiger partial charge in [-0.3, -0.25) is 0 Å². The molecular weight excluding hydrogens is 331 g/mol. The lowest BCUT2D eigenvalue weighted by atomic mass is 10.2. The van der Waals surface area contributed by atoms with E-state index >= 15 is 0 Å². The Morgan fingerprint density at radius 3 is 1.84 bits per heavy atom. The third kappa shape index (κ3) is 3.30. The van der Waals surface area contributed by atoms with Crippen molar-refractivity contribution in [1.29, 1.82) is 0 Å². The number of para-hydroxylation sites is 2. The van der Waals surface area contributed by atoms with Crippen LogP contribution in [0.5, 0.6) is 0 Å². The van der Waals surface area contributed by atoms with Gasteiger partial charge in [0.2, 0.25) is 0 Å². The fourth-order valence-electron chi connectivity index (χ4n) is 2.65. The molecule has 25 heavy (non-hydrogen) atoms. The van der Waals surface area contributed by atoms with E-state index in [4.69, 9.17) is 0 Å². The Balaban J connectivity index is 1.77. The molecule has 122 valence electrons. The molecule has 0 fully saturated rings. The van der Waals surface area contributed by atoms with E-state index in [-0.39, 0.29) is 5.82 Å². The van der Waals surface area contributed by atoms with Crippen LogP contribution < -0.4 is 4.90 Å². The van der Waals surface area contributed by atoms with Crippen molar-refractivity contribution in [2.45, 2.75) is 0 Å². The van der Waals surface area contributed by atoms with Crippen molar-refractivity contribution in [3.05, 3.63) is 96.9 Å². The molecule has 3 aromatic carbocycles. The third-order valence-corrected chi connectivity index (χ3v) is 4.87. The highest BCUT2D eigenvalue weighted by Crippen LogP contribution is 2.39. The van der Waals surface area contributed by atoms with Crippen LogP contribution in [-0.2, 0) is 0 Å². The van der Waals surface area contributed by atoms with Crippen LogP contribution in [0.25, 0.3) is 10.6 Å². The standard InChI is InChI=1S/C21H15FN2S/c22-17-13-11-16(12-14-17)21-23-15-20(25-21)24(18-7-3-1-4-8-18)19-9-5-2-6-10-19/h1-15H. The number of halogens is 1. The fraction of sp³-hybridized carbons (Fsp3) is 0. The molecule has 1 aromatic heterocycles. The topological polar surface area (TPSA) is 16.1 Å². The molecule has 0 aliphatic rings. The summed E-state index contributed by atoms with van der Waals surface area (Å²) in [5, 5.41) is 1.88. The van der Waals surface area contributed by atoms with Gasteiger partial charge in [-0.1, -0.05) is 47.7 Å². The first-order valence-electron chi connectivity index (χ1n) is 7.93. The Bertz CT molecular complexity index is 911. The average Bonchev–Trinajstić information content (AvgIpc) is 3.14. The van der Waals surface area contributed by atoms with E-state index in [1.165, 1.54) is 12.1 Å². The van der Waals surface area contributed by atoms with Gasteiger partial charge in [0.05, 0.1) is 6.20 Å². The predicted octanol–water partition coefficient (Wildman–Crippen LogP) is 6.42. The van der Waals surface area contributed by atoms with Gasteiger partial charge in [-0.05, 0) is 48.5 Å². The van der Waals surface area contributed by atoms with Crippen molar-refractivity contribution in [2.24, 2.45) is 0 Å². The normalized spacial score (nSPS) is 10.6. The molecule has 0 saturated carbocycles. The zero-order chi connectivity index (χ0) is 17.1. The molecule has 4 rings (SSSR count). The van der Waals surface area contributed by atoms with E-state index in [0.717, 1.165) is 26.9 Å². The number of thiazole rings is 1. The van der Waals surface area contributed by atoms with E-state index in [1.54, 1.807) is 23.5 Å². The van der Waals surface area contributed by atoms with Gasteiger partial charge in [-0.2, -0.15) is 0 Å². The third-order valence-electron chi connectivity index (χ3n) is 3.83. The molecule has 0 amide bonds. The van der Waals surface area contributed by atoms with Crippen molar-refractivity contribution in [2.75, 3.05) is 4.90 Å². The molecule has 0 aliphatic heterocycles. The molecular formula is C21H15FN2S. The van der Waals surface area contributed by atoms with Crippen LogP contribution in [0, 0.1) is 5.82 Å². The summed E-state index contributed by atoms with van der Waals surface area (Å²) in [7, 11) is 0. The van der Waals surface area contributed by atoms with Crippen molar-refractivity contribution in [1.82, 2.24) is 4.98 Å². The second-order valence-corrected chi connectivity index (χ2v) is 6.53. The van der Waals surface area contributed by atoms with Crippen molar-refractivity contribution in [3.63, 3.8) is 0 Å². The highest BCUT2D eigenvalue weighted by Gasteiger charge is 2.15. The van der Waals surface area contributed by atoms with Crippen molar-refractivity contribution >= 4 is 27.7 Å². The van der Waals surface area contributed by atoms with Gasteiger partial charge in [-0.15, -0.1) is 0 Å². The molecule has 1 heterocycles. The van der Waals surface area contributed by atoms with E-state index in [9.17, 15) is 4.39 Å². The maximum atomic E-state index is 13.2. The highest BCUT2D eigenvalue weighted by molar-refractivity contribution is 7.19. The second kappa shape index (κ2) is 6.87. The SMILES string of the molecule is Fc1ccc(-c2ncc(N(c3ccccc3)c3ccccc3)s2)cc1. The molecule has 4 heteroatoms. The van der Waals surface area contributed by atoms with Gasteiger partial charge in [0, 0.05) is 16.9 Å². The van der Waals surface area contributed by atoms with Crippen LogP contribution in [0.1, 0.15) is 0 Å². The molecule has 0 saturated heterocycles. The Kier molecular flexibility index (Phi) is 4.27. The van der Waals surface area contributed by atoms with Crippen molar-refractivity contribution in [3.8, 4) is 10.6 Å². The number of anilines is 3. The lowest BCUT2D eigenvalue weighted by molar-refractivity contribution is 0.628. The molecule has 0 bridgehead atoms. The van der Waals surface area contributed by atoms with Crippen LogP contribution in [0.2, 0.25) is 0 Å². The van der Waals surface area contributed by atoms with Crippen molar-refractivity contribution < 1.29 is 4.39 Å². The van der Waals surface area contributed by atoms with Crippen LogP contribution in [0.3, 0.4) is 0 Å². The summed E-state index contributed by atoms with van der Waals surface area (Å²) in [5.74, 6) is -0.240. The van der Waals surface area contributed by atoms with Crippen LogP contribution in [0.4, 0.5) is 20.8 Å². The molecule has 0 aliphatic carbocycles. The number of benzene rings is 3. The summed E-state index contributed by atoms with van der Waals surface area (Å²) in [6.07, 6.45) is 1.86. The first kappa shape index (κ1) is 15.5. The van der Waals surface area contributed by atoms with E-state index < -0.39 is 0 Å². The first-order chi connectivity index (χ1) is 12.3. The molecule has 0 unspecified atom stereocenters. The molecule has 4 aromatic rings. The summed E-state index contributed by atoms with van der Waals surface area (Å²) in [6.45, 7) is 0. The maximum absolute atomic E-state index is 13.2. The number of rotatable bonds is 4. The van der Waals surface area contributed by atoms with Gasteiger partial charge in [0.15, 0.2) is 0 Å². The van der Waals surface area contributed by atoms with Gasteiger partial charge >= 0.3 is 0 Å². The molecule has 0 radical (unpaired) electrons. The lowest BCUT2D eigenvalue weighted by Crippen LogP contribution is -2.07. The van der Waals surface area contributed by atoms with E-state index in [1.807, 2.05) is 42.6 Å². The zero-order valence-corrected chi connectivity index (χ0v) is 14.2. The molecule has 0 N–H and O–H groups in total. The summed E-state index contributed by atoms with van der Waals surface area (Å²) < 4.78 is 13.2. The van der Waals surface area contributed by atoms with Gasteiger partial charge in [0.1, 0.15) is 15.8 Å². The number of hydrogen-bond donors (Lipinski definition) is 0. The Morgan fingerprint density at radius 1 is 0.720 bits per heavy atom. The second-order valence-electron chi connectivity index (χ2n) is 5.52. The smallest absolute Gasteiger partial charge is 0.125 e. The fourth-order valence-corrected chi connectivity index (χ4v) is 3.62. The van der Waals surface area contributed by atoms with Crippen LogP contribution in [0.15, 0.2) is 91.1 Å². The minimum atomic E-state index is -0.240. The van der Waals surface area contributed by atoms with Gasteiger partial charge in [0.25, 0.3) is 0 Å². The maximum Gasteiger partial charge on any atom is 0.125 e. The quantitative estimate of drug-likeness (QED) is 0.424. The number of hydrogen-bond acceptors (Lipinski definition) is 3. The van der Waals surface area contributed by atoms with E-state index in [2.05, 4.69) is 34.1 Å². The largest absolute Gasteiger partial charge is 0.301 e. The lowest BCUT2D eigenvalue weighted by Gasteiger charge is -2.22. The zero-order valence-electron chi connectivity index (χ0n) is 13.3. The minimum absolute atomic E-state index is 0.240. The number of aromatic nitrogens is 1. The molecule has 2 nitrogen and oxygen atoms in total. The monoisotopic (exact) mass is 346 g/mol. The van der Waals surface area contributed by atoms with Gasteiger partial charge < -0.3 is 4.90 Å². The highest BCUT2D eigenvalue weighted by atomic mass is 32.1. The Hall–Kier alpha value is -2.98. The number of nitrogens with zero attached hydrogens (tertiary/aromatic N) is 2. The molecule has 0 spiro atoms. The predicted molar refractivity (Wildman–Crippen MR) is 102 cm³/mol. The first-order valence-corrected chi connectivity index (χ1v) is 8.75. The van der Waals surface area contributed by atoms with Crippen LogP contribution in [-0.4, -0.2) is 4.98 Å². The Morgan fingerprint density at radius 2 is 1.28 bits per heavy atom. The van der Waals surface area contributed by atoms with Crippen LogP contribution >= 0.6 is 11.3 Å². The molecule has 0 atom stereocenters. The average molecular weight is 346 g/mol. The minimum Gasteiger partial charge on any atom is -0.301 e. The summed E-state index contributed by atoms with van der Waals surface area (Å²) in [6, 6.07) is 26.8. The Labute approximate surface area is 149 Å².